The Kier molecular flexibility index (Phi) is 3.06. The van der Waals surface area contributed by atoms with Crippen LogP contribution >= 0.6 is 0 Å². The molecule has 2 N–H and O–H groups in total. The van der Waals surface area contributed by atoms with Crippen molar-refractivity contribution in [1.29, 1.82) is 0 Å². The van der Waals surface area contributed by atoms with Gasteiger partial charge in [0, 0.05) is 0 Å². The largest absolute Gasteiger partial charge is 0.465 e. The number of carbonyl (C=O) groups excluding carboxylic acids is 1. The van der Waals surface area contributed by atoms with Crippen LogP contribution in [0.5, 0.6) is 0 Å². The normalized spacial score (nSPS) is 11.1. The molecule has 0 atom stereocenters. The predicted molar refractivity (Wildman–Crippen MR) is 49.1 cm³/mol. The van der Waals surface area contributed by atoms with Crippen LogP contribution in [0.4, 0.5) is 4.39 Å². The minimum Gasteiger partial charge on any atom is -0.465 e. The maximum atomic E-state index is 13.2. The van der Waals surface area contributed by atoms with Gasteiger partial charge in [-0.15, -0.1) is 0 Å². The van der Waals surface area contributed by atoms with Crippen molar-refractivity contribution in [3.8, 4) is 0 Å². The summed E-state index contributed by atoms with van der Waals surface area (Å²) in [7, 11) is -3.24. The first-order chi connectivity index (χ1) is 6.88. The van der Waals surface area contributed by atoms with Crippen molar-refractivity contribution in [2.75, 3.05) is 7.11 Å². The second kappa shape index (κ2) is 3.95. The number of carbonyl (C=O) groups is 1. The highest BCUT2D eigenvalue weighted by Crippen LogP contribution is 2.18. The Balaban J connectivity index is 3.54. The Bertz CT molecular complexity index is 497. The molecule has 0 aromatic heterocycles. The minimum atomic E-state index is -4.30. The van der Waals surface area contributed by atoms with Gasteiger partial charge in [-0.1, -0.05) is 6.07 Å². The Morgan fingerprint density at radius 2 is 2.07 bits per heavy atom. The fourth-order valence-corrected chi connectivity index (χ4v) is 1.87. The SMILES string of the molecule is COC(=O)c1cccc(F)c1S(N)(=O)=O. The molecular formula is C8H8FNO4S. The molecule has 0 bridgehead atoms. The average Bonchev–Trinajstić information content (AvgIpc) is 2.14. The van der Waals surface area contributed by atoms with Gasteiger partial charge in [-0.05, 0) is 12.1 Å². The standard InChI is InChI=1S/C8H8FNO4S/c1-14-8(11)5-3-2-4-6(9)7(5)15(10,12)13/h2-4H,1H3,(H2,10,12,13). The summed E-state index contributed by atoms with van der Waals surface area (Å²) < 4.78 is 39.5. The number of halogens is 1. The number of rotatable bonds is 2. The predicted octanol–water partition coefficient (Wildman–Crippen LogP) is 0.260. The van der Waals surface area contributed by atoms with E-state index < -0.39 is 32.3 Å². The van der Waals surface area contributed by atoms with Gasteiger partial charge in [0.25, 0.3) is 0 Å². The lowest BCUT2D eigenvalue weighted by Gasteiger charge is -2.06. The summed E-state index contributed by atoms with van der Waals surface area (Å²) in [6, 6.07) is 3.21. The van der Waals surface area contributed by atoms with Crippen LogP contribution in [-0.4, -0.2) is 21.5 Å². The van der Waals surface area contributed by atoms with Crippen LogP contribution in [-0.2, 0) is 14.8 Å². The first kappa shape index (κ1) is 11.6. The zero-order valence-electron chi connectivity index (χ0n) is 7.73. The molecule has 0 saturated carbocycles. The van der Waals surface area contributed by atoms with Crippen molar-refractivity contribution in [2.24, 2.45) is 5.14 Å². The molecule has 0 radical (unpaired) electrons. The molecule has 0 unspecified atom stereocenters. The van der Waals surface area contributed by atoms with Crippen molar-refractivity contribution in [3.05, 3.63) is 29.6 Å². The number of ether oxygens (including phenoxy) is 1. The van der Waals surface area contributed by atoms with Crippen molar-refractivity contribution >= 4 is 16.0 Å². The molecule has 1 rings (SSSR count). The lowest BCUT2D eigenvalue weighted by Crippen LogP contribution is -2.19. The zero-order chi connectivity index (χ0) is 11.6. The molecule has 1 aromatic carbocycles. The van der Waals surface area contributed by atoms with Gasteiger partial charge in [0.05, 0.1) is 12.7 Å². The first-order valence-corrected chi connectivity index (χ1v) is 5.32. The summed E-state index contributed by atoms with van der Waals surface area (Å²) in [5, 5.41) is 4.78. The van der Waals surface area contributed by atoms with E-state index in [1.54, 1.807) is 0 Å². The first-order valence-electron chi connectivity index (χ1n) is 3.77. The lowest BCUT2D eigenvalue weighted by molar-refractivity contribution is 0.0595. The van der Waals surface area contributed by atoms with Crippen LogP contribution in [0, 0.1) is 5.82 Å². The number of nitrogens with two attached hydrogens (primary N) is 1. The van der Waals surface area contributed by atoms with Gasteiger partial charge in [-0.25, -0.2) is 22.7 Å². The van der Waals surface area contributed by atoms with Crippen molar-refractivity contribution in [1.82, 2.24) is 0 Å². The molecular weight excluding hydrogens is 225 g/mol. The topological polar surface area (TPSA) is 86.5 Å². The van der Waals surface area contributed by atoms with Gasteiger partial charge >= 0.3 is 5.97 Å². The molecule has 0 heterocycles. The van der Waals surface area contributed by atoms with Crippen LogP contribution in [0.1, 0.15) is 10.4 Å². The van der Waals surface area contributed by atoms with Crippen LogP contribution in [0.25, 0.3) is 0 Å². The Labute approximate surface area is 85.7 Å². The summed E-state index contributed by atoms with van der Waals surface area (Å²) >= 11 is 0. The van der Waals surface area contributed by atoms with E-state index in [9.17, 15) is 17.6 Å². The van der Waals surface area contributed by atoms with Crippen LogP contribution in [0.15, 0.2) is 23.1 Å². The van der Waals surface area contributed by atoms with E-state index in [4.69, 9.17) is 5.14 Å². The van der Waals surface area contributed by atoms with Crippen molar-refractivity contribution in [3.63, 3.8) is 0 Å². The minimum absolute atomic E-state index is 0.417. The average molecular weight is 233 g/mol. The number of sulfonamides is 1. The number of esters is 1. The third-order valence-corrected chi connectivity index (χ3v) is 2.64. The smallest absolute Gasteiger partial charge is 0.339 e. The van der Waals surface area contributed by atoms with Crippen LogP contribution in [0.3, 0.4) is 0 Å². The highest BCUT2D eigenvalue weighted by molar-refractivity contribution is 7.89. The number of primary sulfonamides is 1. The summed E-state index contributed by atoms with van der Waals surface area (Å²) in [4.78, 5) is 10.3. The maximum absolute atomic E-state index is 13.2. The Hall–Kier alpha value is -1.47. The maximum Gasteiger partial charge on any atom is 0.339 e. The monoisotopic (exact) mass is 233 g/mol. The molecule has 0 aliphatic rings. The molecule has 5 nitrogen and oxygen atoms in total. The quantitative estimate of drug-likeness (QED) is 0.742. The summed E-state index contributed by atoms with van der Waals surface area (Å²) in [5.41, 5.74) is -0.417. The van der Waals surface area contributed by atoms with E-state index in [0.29, 0.717) is 0 Å². The molecule has 0 amide bonds. The van der Waals surface area contributed by atoms with Gasteiger partial charge in [-0.3, -0.25) is 0 Å². The van der Waals surface area contributed by atoms with E-state index in [0.717, 1.165) is 19.2 Å². The Morgan fingerprint density at radius 1 is 1.47 bits per heavy atom. The lowest BCUT2D eigenvalue weighted by atomic mass is 10.2. The van der Waals surface area contributed by atoms with Gasteiger partial charge in [-0.2, -0.15) is 0 Å². The summed E-state index contributed by atoms with van der Waals surface area (Å²) in [6.45, 7) is 0. The molecule has 0 fully saturated rings. The Morgan fingerprint density at radius 3 is 2.53 bits per heavy atom. The van der Waals surface area contributed by atoms with Gasteiger partial charge < -0.3 is 4.74 Å². The number of hydrogen-bond acceptors (Lipinski definition) is 4. The summed E-state index contributed by atoms with van der Waals surface area (Å²) in [5.74, 6) is -2.04. The van der Waals surface area contributed by atoms with Crippen LogP contribution in [0.2, 0.25) is 0 Å². The van der Waals surface area contributed by atoms with Gasteiger partial charge in [0.15, 0.2) is 0 Å². The van der Waals surface area contributed by atoms with Crippen molar-refractivity contribution in [2.45, 2.75) is 4.90 Å². The van der Waals surface area contributed by atoms with E-state index in [-0.39, 0.29) is 0 Å². The fourth-order valence-electron chi connectivity index (χ4n) is 1.07. The molecule has 1 aromatic rings. The van der Waals surface area contributed by atoms with Crippen molar-refractivity contribution < 1.29 is 22.3 Å². The summed E-state index contributed by atoms with van der Waals surface area (Å²) in [6.07, 6.45) is 0. The fraction of sp³-hybridized carbons (Fsp3) is 0.125. The van der Waals surface area contributed by atoms with E-state index in [1.165, 1.54) is 6.07 Å². The number of methoxy groups -OCH3 is 1. The molecule has 15 heavy (non-hydrogen) atoms. The third-order valence-electron chi connectivity index (χ3n) is 1.66. The van der Waals surface area contributed by atoms with E-state index in [1.807, 2.05) is 0 Å². The zero-order valence-corrected chi connectivity index (χ0v) is 8.55. The second-order valence-corrected chi connectivity index (χ2v) is 4.15. The molecule has 82 valence electrons. The molecule has 0 aliphatic carbocycles. The van der Waals surface area contributed by atoms with E-state index >= 15 is 0 Å². The number of hydrogen-bond donors (Lipinski definition) is 1. The molecule has 0 spiro atoms. The molecule has 7 heteroatoms. The molecule has 0 aliphatic heterocycles. The second-order valence-electron chi connectivity index (χ2n) is 2.65. The number of benzene rings is 1. The highest BCUT2D eigenvalue weighted by Gasteiger charge is 2.23. The highest BCUT2D eigenvalue weighted by atomic mass is 32.2. The van der Waals surface area contributed by atoms with E-state index in [2.05, 4.69) is 4.74 Å². The van der Waals surface area contributed by atoms with Gasteiger partial charge in [0.1, 0.15) is 10.7 Å². The third kappa shape index (κ3) is 2.31. The van der Waals surface area contributed by atoms with Gasteiger partial charge in [0.2, 0.25) is 10.0 Å². The van der Waals surface area contributed by atoms with Crippen LogP contribution < -0.4 is 5.14 Å². The molecule has 0 saturated heterocycles.